The number of carboxylic acid groups (broad SMARTS) is 2. The molecule has 1 aliphatic heterocycles. The highest BCUT2D eigenvalue weighted by Gasteiger charge is 2.28. The molecular weight excluding hydrogens is 352 g/mol. The van der Waals surface area contributed by atoms with Gasteiger partial charge in [-0.05, 0) is 57.9 Å². The molecule has 0 aliphatic carbocycles. The van der Waals surface area contributed by atoms with E-state index < -0.39 is 11.9 Å². The van der Waals surface area contributed by atoms with E-state index in [1.165, 1.54) is 11.1 Å². The highest BCUT2D eigenvalue weighted by molar-refractivity contribution is 6.27. The Kier molecular flexibility index (Phi) is 8.24. The fraction of sp³-hybridized carbons (Fsp3) is 0.526. The number of nitrogens with one attached hydrogen (secondary N) is 1. The van der Waals surface area contributed by atoms with Crippen LogP contribution in [0.4, 0.5) is 5.69 Å². The van der Waals surface area contributed by atoms with Crippen LogP contribution in [-0.4, -0.2) is 64.3 Å². The summed E-state index contributed by atoms with van der Waals surface area (Å²) in [6.45, 7) is 11.4. The van der Waals surface area contributed by atoms with E-state index in [-0.39, 0.29) is 24.2 Å². The van der Waals surface area contributed by atoms with Gasteiger partial charge < -0.3 is 25.2 Å². The smallest absolute Gasteiger partial charge is 0.414 e. The average Bonchev–Trinajstić information content (AvgIpc) is 2.52. The minimum atomic E-state index is -1.82. The number of morpholine rings is 1. The molecule has 8 heteroatoms. The van der Waals surface area contributed by atoms with Gasteiger partial charge in [0.2, 0.25) is 5.91 Å². The highest BCUT2D eigenvalue weighted by Crippen LogP contribution is 2.17. The second-order valence-electron chi connectivity index (χ2n) is 6.85. The molecule has 1 aliphatic rings. The van der Waals surface area contributed by atoms with Crippen molar-refractivity contribution in [3.05, 3.63) is 29.3 Å². The van der Waals surface area contributed by atoms with E-state index in [0.29, 0.717) is 13.1 Å². The van der Waals surface area contributed by atoms with Crippen molar-refractivity contribution >= 4 is 23.5 Å². The Hall–Kier alpha value is -2.61. The van der Waals surface area contributed by atoms with Crippen molar-refractivity contribution in [2.75, 3.05) is 18.4 Å². The van der Waals surface area contributed by atoms with Crippen LogP contribution in [0.25, 0.3) is 0 Å². The van der Waals surface area contributed by atoms with E-state index in [1.54, 1.807) is 0 Å². The Morgan fingerprint density at radius 3 is 1.89 bits per heavy atom. The van der Waals surface area contributed by atoms with Crippen molar-refractivity contribution in [1.29, 1.82) is 0 Å². The summed E-state index contributed by atoms with van der Waals surface area (Å²) in [4.78, 5) is 32.7. The van der Waals surface area contributed by atoms with Gasteiger partial charge in [0.1, 0.15) is 6.04 Å². The molecule has 150 valence electrons. The van der Waals surface area contributed by atoms with E-state index in [4.69, 9.17) is 24.5 Å². The lowest BCUT2D eigenvalue weighted by Gasteiger charge is -2.36. The molecule has 0 saturated carbocycles. The van der Waals surface area contributed by atoms with Crippen molar-refractivity contribution < 1.29 is 29.3 Å². The number of nitrogens with zero attached hydrogens (tertiary/aromatic N) is 1. The van der Waals surface area contributed by atoms with Crippen molar-refractivity contribution in [2.45, 2.75) is 52.9 Å². The molecule has 0 spiro atoms. The van der Waals surface area contributed by atoms with Crippen LogP contribution in [0.15, 0.2) is 18.2 Å². The third kappa shape index (κ3) is 7.65. The predicted molar refractivity (Wildman–Crippen MR) is 101 cm³/mol. The van der Waals surface area contributed by atoms with Crippen LogP contribution in [0.5, 0.6) is 0 Å². The lowest BCUT2D eigenvalue weighted by molar-refractivity contribution is -0.159. The van der Waals surface area contributed by atoms with E-state index in [0.717, 1.165) is 5.69 Å². The first-order valence-electron chi connectivity index (χ1n) is 8.75. The number of rotatable bonds is 3. The van der Waals surface area contributed by atoms with E-state index in [9.17, 15) is 4.79 Å². The maximum Gasteiger partial charge on any atom is 0.414 e. The molecule has 1 aromatic rings. The van der Waals surface area contributed by atoms with Crippen LogP contribution in [0.1, 0.15) is 31.9 Å². The van der Waals surface area contributed by atoms with Gasteiger partial charge >= 0.3 is 11.9 Å². The maximum absolute atomic E-state index is 12.6. The Bertz CT molecular complexity index is 649. The van der Waals surface area contributed by atoms with Gasteiger partial charge in [-0.2, -0.15) is 0 Å². The van der Waals surface area contributed by atoms with Gasteiger partial charge in [0.05, 0.1) is 12.2 Å². The zero-order valence-corrected chi connectivity index (χ0v) is 16.4. The molecule has 1 heterocycles. The Morgan fingerprint density at radius 2 is 1.48 bits per heavy atom. The number of ether oxygens (including phenoxy) is 1. The zero-order valence-electron chi connectivity index (χ0n) is 16.4. The molecule has 1 saturated heterocycles. The Labute approximate surface area is 159 Å². The molecule has 0 radical (unpaired) electrons. The van der Waals surface area contributed by atoms with Crippen molar-refractivity contribution in [2.24, 2.45) is 0 Å². The summed E-state index contributed by atoms with van der Waals surface area (Å²) < 4.78 is 5.68. The monoisotopic (exact) mass is 380 g/mol. The molecule has 1 fully saturated rings. The van der Waals surface area contributed by atoms with Gasteiger partial charge in [-0.25, -0.2) is 9.59 Å². The molecule has 8 nitrogen and oxygen atoms in total. The zero-order chi connectivity index (χ0) is 20.7. The van der Waals surface area contributed by atoms with Gasteiger partial charge in [-0.1, -0.05) is 6.07 Å². The van der Waals surface area contributed by atoms with Crippen LogP contribution in [-0.2, 0) is 19.1 Å². The molecule has 27 heavy (non-hydrogen) atoms. The largest absolute Gasteiger partial charge is 0.473 e. The van der Waals surface area contributed by atoms with Gasteiger partial charge in [-0.3, -0.25) is 4.79 Å². The summed E-state index contributed by atoms with van der Waals surface area (Å²) in [5.41, 5.74) is 3.40. The first kappa shape index (κ1) is 22.4. The number of carboxylic acids is 2. The first-order chi connectivity index (χ1) is 12.5. The van der Waals surface area contributed by atoms with Crippen molar-refractivity contribution in [3.8, 4) is 0 Å². The first-order valence-corrected chi connectivity index (χ1v) is 8.75. The summed E-state index contributed by atoms with van der Waals surface area (Å²) in [5.74, 6) is -3.51. The summed E-state index contributed by atoms with van der Waals surface area (Å²) in [7, 11) is 0. The number of aliphatic carboxylic acids is 2. The maximum atomic E-state index is 12.6. The van der Waals surface area contributed by atoms with Crippen molar-refractivity contribution in [1.82, 2.24) is 4.90 Å². The number of benzene rings is 1. The minimum absolute atomic E-state index is 0.103. The molecule has 3 unspecified atom stereocenters. The van der Waals surface area contributed by atoms with Crippen LogP contribution < -0.4 is 5.32 Å². The molecular formula is C19H28N2O6. The number of hydrogen-bond donors (Lipinski definition) is 3. The SMILES string of the molecule is Cc1cc(C)cc(NC(C)C(=O)N2CC(C)OC(C)C2)c1.O=C(O)C(=O)O. The molecule has 1 amide bonds. The minimum Gasteiger partial charge on any atom is -0.473 e. The summed E-state index contributed by atoms with van der Waals surface area (Å²) >= 11 is 0. The number of carbonyl (C=O) groups excluding carboxylic acids is 1. The summed E-state index contributed by atoms with van der Waals surface area (Å²) in [6, 6.07) is 6.04. The second kappa shape index (κ2) is 9.91. The van der Waals surface area contributed by atoms with Gasteiger partial charge in [0.25, 0.3) is 0 Å². The number of anilines is 1. The number of amides is 1. The van der Waals surface area contributed by atoms with Crippen LogP contribution >= 0.6 is 0 Å². The van der Waals surface area contributed by atoms with E-state index >= 15 is 0 Å². The van der Waals surface area contributed by atoms with Crippen LogP contribution in [0, 0.1) is 13.8 Å². The summed E-state index contributed by atoms with van der Waals surface area (Å²) in [6.07, 6.45) is 0.206. The molecule has 0 bridgehead atoms. The Balaban J connectivity index is 0.000000527. The topological polar surface area (TPSA) is 116 Å². The molecule has 3 atom stereocenters. The fourth-order valence-corrected chi connectivity index (χ4v) is 3.00. The molecule has 2 rings (SSSR count). The molecule has 3 N–H and O–H groups in total. The quantitative estimate of drug-likeness (QED) is 0.686. The van der Waals surface area contributed by atoms with Crippen LogP contribution in [0.2, 0.25) is 0 Å². The van der Waals surface area contributed by atoms with Crippen molar-refractivity contribution in [3.63, 3.8) is 0 Å². The Morgan fingerprint density at radius 1 is 1.04 bits per heavy atom. The molecule has 0 aromatic heterocycles. The lowest BCUT2D eigenvalue weighted by Crippen LogP contribution is -2.52. The lowest BCUT2D eigenvalue weighted by atomic mass is 10.1. The molecule has 1 aromatic carbocycles. The number of aryl methyl sites for hydroxylation is 2. The van der Waals surface area contributed by atoms with E-state index in [2.05, 4.69) is 37.4 Å². The number of hydrogen-bond acceptors (Lipinski definition) is 5. The van der Waals surface area contributed by atoms with Gasteiger partial charge in [-0.15, -0.1) is 0 Å². The van der Waals surface area contributed by atoms with Crippen LogP contribution in [0.3, 0.4) is 0 Å². The fourth-order valence-electron chi connectivity index (χ4n) is 3.00. The average molecular weight is 380 g/mol. The highest BCUT2D eigenvalue weighted by atomic mass is 16.5. The predicted octanol–water partition coefficient (Wildman–Crippen LogP) is 1.90. The second-order valence-corrected chi connectivity index (χ2v) is 6.85. The third-order valence-corrected chi connectivity index (χ3v) is 3.89. The van der Waals surface area contributed by atoms with Gasteiger partial charge in [0, 0.05) is 18.8 Å². The normalized spacial score (nSPS) is 20.1. The standard InChI is InChI=1S/C17H26N2O2.C2H2O4/c1-11-6-12(2)8-16(7-11)18-15(5)17(20)19-9-13(3)21-14(4)10-19;3-1(4)2(5)6/h6-8,13-15,18H,9-10H2,1-5H3;(H,3,4)(H,5,6). The summed E-state index contributed by atoms with van der Waals surface area (Å²) in [5, 5.41) is 18.1. The van der Waals surface area contributed by atoms with E-state index in [1.807, 2.05) is 25.7 Å². The third-order valence-electron chi connectivity index (χ3n) is 3.89. The van der Waals surface area contributed by atoms with Gasteiger partial charge in [0.15, 0.2) is 0 Å². The number of carbonyl (C=O) groups is 3.